The zero-order valence-corrected chi connectivity index (χ0v) is 13.7. The lowest BCUT2D eigenvalue weighted by atomic mass is 10.0. The number of piperidine rings is 1. The lowest BCUT2D eigenvalue weighted by Crippen LogP contribution is -2.43. The highest BCUT2D eigenvalue weighted by atomic mass is 15.2. The van der Waals surface area contributed by atoms with E-state index in [4.69, 9.17) is 5.26 Å². The van der Waals surface area contributed by atoms with E-state index in [2.05, 4.69) is 65.4 Å². The van der Waals surface area contributed by atoms with Crippen molar-refractivity contribution in [2.45, 2.75) is 25.4 Å². The van der Waals surface area contributed by atoms with Crippen molar-refractivity contribution >= 4 is 5.69 Å². The molecule has 1 saturated heterocycles. The second-order valence-corrected chi connectivity index (χ2v) is 6.28. The fourth-order valence-corrected chi connectivity index (χ4v) is 3.31. The minimum absolute atomic E-state index is 0.643. The van der Waals surface area contributed by atoms with Gasteiger partial charge in [0.1, 0.15) is 0 Å². The molecule has 2 aromatic carbocycles. The Balaban J connectivity index is 1.54. The van der Waals surface area contributed by atoms with E-state index < -0.39 is 0 Å². The van der Waals surface area contributed by atoms with Crippen LogP contribution in [0.4, 0.5) is 5.69 Å². The lowest BCUT2D eigenvalue weighted by molar-refractivity contribution is 0.200. The number of hydrogen-bond acceptors (Lipinski definition) is 3. The van der Waals surface area contributed by atoms with Crippen LogP contribution in [-0.2, 0) is 6.54 Å². The molecule has 118 valence electrons. The van der Waals surface area contributed by atoms with Crippen molar-refractivity contribution in [3.63, 3.8) is 0 Å². The van der Waals surface area contributed by atoms with Gasteiger partial charge in [0.05, 0.1) is 11.6 Å². The number of nitrogens with zero attached hydrogens (tertiary/aromatic N) is 3. The molecule has 0 aliphatic carbocycles. The Labute approximate surface area is 138 Å². The van der Waals surface area contributed by atoms with Gasteiger partial charge >= 0.3 is 0 Å². The molecule has 2 aromatic rings. The summed E-state index contributed by atoms with van der Waals surface area (Å²) in [6.45, 7) is 3.17. The van der Waals surface area contributed by atoms with Crippen molar-refractivity contribution in [3.05, 3.63) is 65.7 Å². The van der Waals surface area contributed by atoms with Gasteiger partial charge in [0, 0.05) is 31.4 Å². The maximum atomic E-state index is 8.89. The summed E-state index contributed by atoms with van der Waals surface area (Å²) in [5.74, 6) is 0. The summed E-state index contributed by atoms with van der Waals surface area (Å²) in [6.07, 6.45) is 2.37. The number of anilines is 1. The van der Waals surface area contributed by atoms with Gasteiger partial charge in [-0.05, 0) is 49.7 Å². The van der Waals surface area contributed by atoms with Crippen molar-refractivity contribution in [1.82, 2.24) is 4.90 Å². The minimum Gasteiger partial charge on any atom is -0.371 e. The van der Waals surface area contributed by atoms with E-state index in [0.29, 0.717) is 6.04 Å². The molecule has 3 rings (SSSR count). The molecule has 1 aliphatic rings. The van der Waals surface area contributed by atoms with E-state index in [9.17, 15) is 0 Å². The first-order chi connectivity index (χ1) is 11.3. The van der Waals surface area contributed by atoms with Crippen LogP contribution in [0, 0.1) is 11.3 Å². The monoisotopic (exact) mass is 305 g/mol. The molecule has 3 heteroatoms. The number of hydrogen-bond donors (Lipinski definition) is 0. The molecule has 0 saturated carbocycles. The van der Waals surface area contributed by atoms with E-state index in [1.54, 1.807) is 0 Å². The van der Waals surface area contributed by atoms with Gasteiger partial charge in [-0.15, -0.1) is 0 Å². The van der Waals surface area contributed by atoms with Crippen LogP contribution in [0.2, 0.25) is 0 Å². The zero-order chi connectivity index (χ0) is 16.1. The topological polar surface area (TPSA) is 30.3 Å². The fraction of sp³-hybridized carbons (Fsp3) is 0.350. The summed E-state index contributed by atoms with van der Waals surface area (Å²) in [5, 5.41) is 8.89. The molecule has 3 nitrogen and oxygen atoms in total. The van der Waals surface area contributed by atoms with Crippen molar-refractivity contribution in [2.24, 2.45) is 0 Å². The highest BCUT2D eigenvalue weighted by molar-refractivity contribution is 5.50. The Bertz CT molecular complexity index is 650. The molecular formula is C20H23N3. The van der Waals surface area contributed by atoms with Crippen LogP contribution in [0.15, 0.2) is 54.6 Å². The van der Waals surface area contributed by atoms with Crippen molar-refractivity contribution in [1.29, 1.82) is 5.26 Å². The average molecular weight is 305 g/mol. The van der Waals surface area contributed by atoms with E-state index in [-0.39, 0.29) is 0 Å². The molecule has 0 amide bonds. The third kappa shape index (κ3) is 3.91. The Hall–Kier alpha value is -2.31. The molecule has 1 fully saturated rings. The van der Waals surface area contributed by atoms with Gasteiger partial charge in [-0.2, -0.15) is 5.26 Å². The maximum absolute atomic E-state index is 8.89. The van der Waals surface area contributed by atoms with Crippen LogP contribution >= 0.6 is 0 Å². The minimum atomic E-state index is 0.643. The standard InChI is InChI=1S/C20H23N3/c1-22(16-18-5-3-2-4-6-18)19-11-13-23(14-12-19)20-9-7-17(15-21)8-10-20/h2-10,19H,11-14,16H2,1H3. The van der Waals surface area contributed by atoms with E-state index in [1.165, 1.54) is 24.1 Å². The smallest absolute Gasteiger partial charge is 0.0991 e. The SMILES string of the molecule is CN(Cc1ccccc1)C1CCN(c2ccc(C#N)cc2)CC1. The van der Waals surface area contributed by atoms with Crippen molar-refractivity contribution < 1.29 is 0 Å². The van der Waals surface area contributed by atoms with Crippen LogP contribution in [-0.4, -0.2) is 31.1 Å². The Morgan fingerprint density at radius 2 is 1.70 bits per heavy atom. The van der Waals surface area contributed by atoms with Crippen molar-refractivity contribution in [2.75, 3.05) is 25.0 Å². The van der Waals surface area contributed by atoms with Crippen LogP contribution in [0.3, 0.4) is 0 Å². The van der Waals surface area contributed by atoms with Crippen LogP contribution < -0.4 is 4.90 Å². The summed E-state index contributed by atoms with van der Waals surface area (Å²) in [4.78, 5) is 4.90. The first-order valence-electron chi connectivity index (χ1n) is 8.25. The van der Waals surface area contributed by atoms with Crippen molar-refractivity contribution in [3.8, 4) is 6.07 Å². The summed E-state index contributed by atoms with van der Waals surface area (Å²) in [6, 6.07) is 21.4. The Morgan fingerprint density at radius 1 is 1.04 bits per heavy atom. The molecule has 0 radical (unpaired) electrons. The van der Waals surface area contributed by atoms with Gasteiger partial charge in [-0.3, -0.25) is 4.90 Å². The average Bonchev–Trinajstić information content (AvgIpc) is 2.63. The first kappa shape index (κ1) is 15.6. The van der Waals surface area contributed by atoms with Gasteiger partial charge in [-0.1, -0.05) is 30.3 Å². The van der Waals surface area contributed by atoms with E-state index in [1.807, 2.05) is 12.1 Å². The molecule has 0 N–H and O–H groups in total. The van der Waals surface area contributed by atoms with Gasteiger partial charge in [0.2, 0.25) is 0 Å². The van der Waals surface area contributed by atoms with E-state index >= 15 is 0 Å². The predicted molar refractivity (Wildman–Crippen MR) is 94.3 cm³/mol. The largest absolute Gasteiger partial charge is 0.371 e. The summed E-state index contributed by atoms with van der Waals surface area (Å²) >= 11 is 0. The molecule has 0 unspecified atom stereocenters. The predicted octanol–water partition coefficient (Wildman–Crippen LogP) is 3.66. The number of benzene rings is 2. The van der Waals surface area contributed by atoms with E-state index in [0.717, 1.165) is 25.2 Å². The summed E-state index contributed by atoms with van der Waals surface area (Å²) in [7, 11) is 2.23. The van der Waals surface area contributed by atoms with Crippen LogP contribution in [0.5, 0.6) is 0 Å². The zero-order valence-electron chi connectivity index (χ0n) is 13.7. The van der Waals surface area contributed by atoms with Gasteiger partial charge < -0.3 is 4.90 Å². The fourth-order valence-electron chi connectivity index (χ4n) is 3.31. The third-order valence-corrected chi connectivity index (χ3v) is 4.72. The van der Waals surface area contributed by atoms with Crippen LogP contribution in [0.1, 0.15) is 24.0 Å². The molecule has 0 aromatic heterocycles. The molecular weight excluding hydrogens is 282 g/mol. The van der Waals surface area contributed by atoms with Gasteiger partial charge in [0.15, 0.2) is 0 Å². The molecule has 1 aliphatic heterocycles. The summed E-state index contributed by atoms with van der Waals surface area (Å²) < 4.78 is 0. The highest BCUT2D eigenvalue weighted by Gasteiger charge is 2.22. The first-order valence-corrected chi connectivity index (χ1v) is 8.25. The molecule has 1 heterocycles. The Kier molecular flexibility index (Phi) is 4.95. The third-order valence-electron chi connectivity index (χ3n) is 4.72. The number of nitriles is 1. The summed E-state index contributed by atoms with van der Waals surface area (Å²) in [5.41, 5.74) is 3.34. The molecule has 0 spiro atoms. The Morgan fingerprint density at radius 3 is 2.30 bits per heavy atom. The van der Waals surface area contributed by atoms with Gasteiger partial charge in [0.25, 0.3) is 0 Å². The molecule has 0 bridgehead atoms. The second kappa shape index (κ2) is 7.30. The quantitative estimate of drug-likeness (QED) is 0.863. The maximum Gasteiger partial charge on any atom is 0.0991 e. The van der Waals surface area contributed by atoms with Gasteiger partial charge in [-0.25, -0.2) is 0 Å². The number of rotatable bonds is 4. The highest BCUT2D eigenvalue weighted by Crippen LogP contribution is 2.23. The van der Waals surface area contributed by atoms with Crippen LogP contribution in [0.25, 0.3) is 0 Å². The lowest BCUT2D eigenvalue weighted by Gasteiger charge is -2.38. The molecule has 0 atom stereocenters. The normalized spacial score (nSPS) is 15.6. The second-order valence-electron chi connectivity index (χ2n) is 6.28. The molecule has 23 heavy (non-hydrogen) atoms.